The molecule has 1 aliphatic heterocycles. The van der Waals surface area contributed by atoms with Crippen LogP contribution in [0.15, 0.2) is 21.8 Å². The molecule has 0 aliphatic carbocycles. The first-order valence-corrected chi connectivity index (χ1v) is 9.08. The average molecular weight is 457 g/mol. The lowest BCUT2D eigenvalue weighted by atomic mass is 10.4. The van der Waals surface area contributed by atoms with Crippen molar-refractivity contribution < 1.29 is 12.9 Å². The first-order chi connectivity index (χ1) is 10.6. The molecule has 1 aromatic heterocycles. The minimum atomic E-state index is -3.36. The Morgan fingerprint density at radius 3 is 2.57 bits per heavy atom. The van der Waals surface area contributed by atoms with Crippen molar-refractivity contribution in [2.45, 2.75) is 19.6 Å². The van der Waals surface area contributed by atoms with Crippen molar-refractivity contribution in [1.82, 2.24) is 19.7 Å². The van der Waals surface area contributed by atoms with E-state index in [0.717, 1.165) is 12.5 Å². The number of nitrogens with one attached hydrogen (secondary N) is 1. The van der Waals surface area contributed by atoms with Gasteiger partial charge in [0.1, 0.15) is 12.0 Å². The highest BCUT2D eigenvalue weighted by molar-refractivity contribution is 14.0. The van der Waals surface area contributed by atoms with Gasteiger partial charge in [-0.25, -0.2) is 8.42 Å². The zero-order valence-electron chi connectivity index (χ0n) is 13.4. The fourth-order valence-corrected chi connectivity index (χ4v) is 3.77. The topological polar surface area (TPSA) is 91.0 Å². The minimum Gasteiger partial charge on any atom is -0.364 e. The number of hydrogen-bond acceptors (Lipinski definition) is 5. The minimum absolute atomic E-state index is 0. The van der Waals surface area contributed by atoms with Crippen LogP contribution in [-0.4, -0.2) is 68.0 Å². The Balaban J connectivity index is 0.00000264. The zero-order valence-corrected chi connectivity index (χ0v) is 16.6. The van der Waals surface area contributed by atoms with Crippen molar-refractivity contribution in [2.75, 3.05) is 39.3 Å². The molecule has 132 valence electrons. The third-order valence-corrected chi connectivity index (χ3v) is 5.21. The largest absolute Gasteiger partial charge is 0.364 e. The fraction of sp³-hybridized carbons (Fsp3) is 0.692. The molecule has 0 aromatic carbocycles. The molecular weight excluding hydrogens is 433 g/mol. The lowest BCUT2D eigenvalue weighted by Gasteiger charge is -2.35. The summed E-state index contributed by atoms with van der Waals surface area (Å²) in [5, 5.41) is 6.90. The first kappa shape index (κ1) is 20.2. The maximum Gasteiger partial charge on any atom is 0.220 e. The summed E-state index contributed by atoms with van der Waals surface area (Å²) in [6, 6.07) is 1.57. The molecule has 2 heterocycles. The van der Waals surface area contributed by atoms with Gasteiger partial charge in [0.25, 0.3) is 0 Å². The predicted molar refractivity (Wildman–Crippen MR) is 99.3 cm³/mol. The van der Waals surface area contributed by atoms with Crippen LogP contribution in [0.25, 0.3) is 0 Å². The van der Waals surface area contributed by atoms with Crippen molar-refractivity contribution in [3.8, 4) is 0 Å². The average Bonchev–Trinajstić information content (AvgIpc) is 2.99. The van der Waals surface area contributed by atoms with Crippen LogP contribution in [0.3, 0.4) is 0 Å². The maximum absolute atomic E-state index is 12.4. The van der Waals surface area contributed by atoms with Gasteiger partial charge in [0.05, 0.1) is 5.69 Å². The number of hydrogen-bond donors (Lipinski definition) is 1. The summed E-state index contributed by atoms with van der Waals surface area (Å²) in [5.74, 6) is 0.727. The molecule has 2 rings (SSSR count). The van der Waals surface area contributed by atoms with Crippen LogP contribution in [-0.2, 0) is 15.8 Å². The van der Waals surface area contributed by atoms with E-state index >= 15 is 0 Å². The van der Waals surface area contributed by atoms with Gasteiger partial charge in [0, 0.05) is 45.3 Å². The number of guanidine groups is 1. The van der Waals surface area contributed by atoms with E-state index < -0.39 is 10.0 Å². The Labute approximate surface area is 154 Å². The van der Waals surface area contributed by atoms with Crippen LogP contribution in [0.4, 0.5) is 0 Å². The van der Waals surface area contributed by atoms with E-state index in [1.54, 1.807) is 6.07 Å². The van der Waals surface area contributed by atoms with Gasteiger partial charge in [-0.05, 0) is 13.8 Å². The van der Waals surface area contributed by atoms with Gasteiger partial charge in [0.15, 0.2) is 5.96 Å². The van der Waals surface area contributed by atoms with Gasteiger partial charge in [-0.1, -0.05) is 5.16 Å². The van der Waals surface area contributed by atoms with E-state index in [1.165, 1.54) is 10.6 Å². The lowest BCUT2D eigenvalue weighted by molar-refractivity contribution is 0.260. The van der Waals surface area contributed by atoms with Gasteiger partial charge in [-0.3, -0.25) is 4.99 Å². The molecule has 0 amide bonds. The maximum atomic E-state index is 12.4. The number of rotatable bonds is 5. The smallest absolute Gasteiger partial charge is 0.220 e. The Bertz CT molecular complexity index is 583. The molecule has 1 saturated heterocycles. The van der Waals surface area contributed by atoms with Crippen LogP contribution in [0.1, 0.15) is 19.5 Å². The van der Waals surface area contributed by atoms with Crippen molar-refractivity contribution in [2.24, 2.45) is 4.99 Å². The van der Waals surface area contributed by atoms with E-state index in [4.69, 9.17) is 0 Å². The number of aliphatic imine (C=N–C) groups is 1. The van der Waals surface area contributed by atoms with Crippen LogP contribution in [0, 0.1) is 0 Å². The Kier molecular flexibility index (Phi) is 8.26. The number of halogens is 1. The van der Waals surface area contributed by atoms with E-state index in [2.05, 4.69) is 24.9 Å². The van der Waals surface area contributed by atoms with E-state index in [1.807, 2.05) is 13.8 Å². The molecule has 1 aromatic rings. The molecule has 1 aliphatic rings. The molecule has 1 N–H and O–H groups in total. The van der Waals surface area contributed by atoms with E-state index in [-0.39, 0.29) is 29.7 Å². The van der Waals surface area contributed by atoms with Gasteiger partial charge >= 0.3 is 0 Å². The van der Waals surface area contributed by atoms with Gasteiger partial charge in [-0.2, -0.15) is 4.31 Å². The molecule has 10 heteroatoms. The summed E-state index contributed by atoms with van der Waals surface area (Å²) in [7, 11) is -3.36. The summed E-state index contributed by atoms with van der Waals surface area (Å²) in [4.78, 5) is 6.52. The highest BCUT2D eigenvalue weighted by atomic mass is 127. The Morgan fingerprint density at radius 1 is 1.35 bits per heavy atom. The molecule has 0 radical (unpaired) electrons. The van der Waals surface area contributed by atoms with Gasteiger partial charge in [-0.15, -0.1) is 24.0 Å². The van der Waals surface area contributed by atoms with Gasteiger partial charge in [0.2, 0.25) is 10.0 Å². The lowest BCUT2D eigenvalue weighted by Crippen LogP contribution is -2.53. The second-order valence-corrected chi connectivity index (χ2v) is 6.93. The first-order valence-electron chi connectivity index (χ1n) is 7.47. The second kappa shape index (κ2) is 9.42. The third kappa shape index (κ3) is 5.60. The number of nitrogens with zero attached hydrogens (tertiary/aromatic N) is 4. The van der Waals surface area contributed by atoms with Crippen molar-refractivity contribution in [3.63, 3.8) is 0 Å². The molecule has 0 unspecified atom stereocenters. The molecule has 1 fully saturated rings. The molecule has 8 nitrogen and oxygen atoms in total. The molecule has 0 spiro atoms. The molecule has 0 bridgehead atoms. The quantitative estimate of drug-likeness (QED) is 0.398. The highest BCUT2D eigenvalue weighted by Gasteiger charge is 2.28. The summed E-state index contributed by atoms with van der Waals surface area (Å²) in [6.07, 6.45) is 1.38. The Morgan fingerprint density at radius 2 is 2.04 bits per heavy atom. The van der Waals surface area contributed by atoms with Crippen LogP contribution in [0.2, 0.25) is 0 Å². The van der Waals surface area contributed by atoms with E-state index in [0.29, 0.717) is 38.4 Å². The van der Waals surface area contributed by atoms with Crippen LogP contribution >= 0.6 is 24.0 Å². The van der Waals surface area contributed by atoms with Crippen molar-refractivity contribution in [3.05, 3.63) is 18.0 Å². The molecule has 0 saturated carbocycles. The predicted octanol–water partition coefficient (Wildman–Crippen LogP) is 0.725. The molecular formula is C13H24IN5O3S. The van der Waals surface area contributed by atoms with Crippen molar-refractivity contribution >= 4 is 40.0 Å². The number of sulfonamides is 1. The van der Waals surface area contributed by atoms with E-state index in [9.17, 15) is 8.42 Å². The molecule has 23 heavy (non-hydrogen) atoms. The van der Waals surface area contributed by atoms with Crippen LogP contribution in [0.5, 0.6) is 0 Å². The highest BCUT2D eigenvalue weighted by Crippen LogP contribution is 2.12. The summed E-state index contributed by atoms with van der Waals surface area (Å²) in [5.41, 5.74) is 0.434. The third-order valence-electron chi connectivity index (χ3n) is 3.40. The summed E-state index contributed by atoms with van der Waals surface area (Å²) >= 11 is 0. The standard InChI is InChI=1S/C13H23N5O3S.HI/c1-3-14-13(15-4-2)17-6-8-18(9-7-17)22(19,20)11-12-5-10-21-16-12;/h5,10H,3-4,6-9,11H2,1-2H3,(H,14,15);1H. The number of piperazine rings is 1. The number of aromatic nitrogens is 1. The van der Waals surface area contributed by atoms with Crippen LogP contribution < -0.4 is 5.32 Å². The Hall–Kier alpha value is -0.880. The van der Waals surface area contributed by atoms with Crippen molar-refractivity contribution in [1.29, 1.82) is 0 Å². The summed E-state index contributed by atoms with van der Waals surface area (Å²) in [6.45, 7) is 7.66. The second-order valence-electron chi connectivity index (χ2n) is 4.96. The normalized spacial score (nSPS) is 17.0. The monoisotopic (exact) mass is 457 g/mol. The fourth-order valence-electron chi connectivity index (χ4n) is 2.34. The summed E-state index contributed by atoms with van der Waals surface area (Å²) < 4.78 is 30.9. The zero-order chi connectivity index (χ0) is 16.0. The molecule has 0 atom stereocenters. The van der Waals surface area contributed by atoms with Gasteiger partial charge < -0.3 is 14.7 Å². The SMILES string of the molecule is CCN=C(NCC)N1CCN(S(=O)(=O)Cc2ccon2)CC1.I.